The summed E-state index contributed by atoms with van der Waals surface area (Å²) in [7, 11) is 0. The molecule has 0 saturated carbocycles. The van der Waals surface area contributed by atoms with Gasteiger partial charge >= 0.3 is 0 Å². The Hall–Kier alpha value is -1.70. The number of carbonyl (C=O) groups is 2. The van der Waals surface area contributed by atoms with Crippen LogP contribution >= 0.6 is 11.6 Å². The van der Waals surface area contributed by atoms with Gasteiger partial charge in [0.25, 0.3) is 0 Å². The molecule has 1 aromatic rings. The van der Waals surface area contributed by atoms with E-state index in [1.807, 2.05) is 13.8 Å². The normalized spacial score (nSPS) is 25.9. The summed E-state index contributed by atoms with van der Waals surface area (Å²) in [6.45, 7) is 4.32. The lowest BCUT2D eigenvalue weighted by Crippen LogP contribution is -2.40. The first kappa shape index (κ1) is 20.0. The summed E-state index contributed by atoms with van der Waals surface area (Å²) in [6.07, 6.45) is 2.20. The maximum Gasteiger partial charge on any atom is 0.249 e. The van der Waals surface area contributed by atoms with E-state index in [0.29, 0.717) is 18.6 Å². The Morgan fingerprint density at radius 2 is 2.19 bits per heavy atom. The van der Waals surface area contributed by atoms with Crippen molar-refractivity contribution in [2.75, 3.05) is 6.61 Å². The van der Waals surface area contributed by atoms with Crippen LogP contribution in [0.25, 0.3) is 0 Å². The Morgan fingerprint density at radius 3 is 2.81 bits per heavy atom. The van der Waals surface area contributed by atoms with Gasteiger partial charge in [0.15, 0.2) is 6.29 Å². The van der Waals surface area contributed by atoms with Crippen molar-refractivity contribution in [1.29, 1.82) is 0 Å². The van der Waals surface area contributed by atoms with Crippen molar-refractivity contribution in [2.24, 2.45) is 5.92 Å². The molecule has 3 rings (SSSR count). The first-order valence-electron chi connectivity index (χ1n) is 9.21. The molecule has 2 aliphatic heterocycles. The first-order chi connectivity index (χ1) is 12.9. The van der Waals surface area contributed by atoms with Gasteiger partial charge in [0.1, 0.15) is 5.82 Å². The first-order valence-corrected chi connectivity index (χ1v) is 9.59. The number of hydroxylamine groups is 1. The molecule has 2 heterocycles. The summed E-state index contributed by atoms with van der Waals surface area (Å²) in [4.78, 5) is 32.3. The van der Waals surface area contributed by atoms with Crippen molar-refractivity contribution >= 4 is 23.4 Å². The van der Waals surface area contributed by atoms with Crippen molar-refractivity contribution in [3.63, 3.8) is 0 Å². The second-order valence-corrected chi connectivity index (χ2v) is 7.61. The fourth-order valence-electron chi connectivity index (χ4n) is 3.69. The standard InChI is InChI=1S/C19H24ClFN2O4/c1-11(2)23-16(24)10-13(18(23)12-6-7-14(20)15(21)9-12)19(25)22-27-17-5-3-4-8-26-17/h6-7,9,11,13,17-18H,3-5,8,10H2,1-2H3,(H,22,25)/t13-,17-,18-/m0/s1. The average Bonchev–Trinajstić information content (AvgIpc) is 3.00. The lowest BCUT2D eigenvalue weighted by molar-refractivity contribution is -0.202. The van der Waals surface area contributed by atoms with Gasteiger partial charge in [0, 0.05) is 25.5 Å². The summed E-state index contributed by atoms with van der Waals surface area (Å²) in [6, 6.07) is 3.65. The van der Waals surface area contributed by atoms with E-state index in [4.69, 9.17) is 21.2 Å². The number of nitrogens with one attached hydrogen (secondary N) is 1. The Balaban J connectivity index is 1.79. The Labute approximate surface area is 162 Å². The zero-order valence-corrected chi connectivity index (χ0v) is 16.2. The highest BCUT2D eigenvalue weighted by Crippen LogP contribution is 2.40. The summed E-state index contributed by atoms with van der Waals surface area (Å²) >= 11 is 5.78. The van der Waals surface area contributed by atoms with Crippen LogP contribution in [0.1, 0.15) is 51.1 Å². The average molecular weight is 399 g/mol. The molecule has 2 aliphatic rings. The molecule has 0 spiro atoms. The fourth-order valence-corrected chi connectivity index (χ4v) is 3.81. The number of ether oxygens (including phenoxy) is 1. The molecule has 0 radical (unpaired) electrons. The summed E-state index contributed by atoms with van der Waals surface area (Å²) in [5.74, 6) is -1.84. The van der Waals surface area contributed by atoms with Crippen LogP contribution in [0.5, 0.6) is 0 Å². The van der Waals surface area contributed by atoms with Crippen molar-refractivity contribution < 1.29 is 23.6 Å². The molecular formula is C19H24ClFN2O4. The number of benzene rings is 1. The van der Waals surface area contributed by atoms with Gasteiger partial charge in [-0.3, -0.25) is 9.59 Å². The molecule has 0 aromatic heterocycles. The van der Waals surface area contributed by atoms with E-state index in [2.05, 4.69) is 5.48 Å². The number of hydrogen-bond acceptors (Lipinski definition) is 4. The van der Waals surface area contributed by atoms with Crippen molar-refractivity contribution in [2.45, 2.75) is 57.9 Å². The molecule has 1 N–H and O–H groups in total. The number of hydrogen-bond donors (Lipinski definition) is 1. The van der Waals surface area contributed by atoms with Gasteiger partial charge in [-0.15, -0.1) is 0 Å². The highest BCUT2D eigenvalue weighted by atomic mass is 35.5. The molecule has 6 nitrogen and oxygen atoms in total. The van der Waals surface area contributed by atoms with Crippen LogP contribution in [0.3, 0.4) is 0 Å². The fraction of sp³-hybridized carbons (Fsp3) is 0.579. The van der Waals surface area contributed by atoms with Gasteiger partial charge in [-0.05, 0) is 44.4 Å². The van der Waals surface area contributed by atoms with Gasteiger partial charge in [0.2, 0.25) is 11.8 Å². The molecule has 27 heavy (non-hydrogen) atoms. The molecule has 3 atom stereocenters. The number of likely N-dealkylation sites (tertiary alicyclic amines) is 1. The Morgan fingerprint density at radius 1 is 1.41 bits per heavy atom. The SMILES string of the molecule is CC(C)N1C(=O)C[C@H](C(=O)NO[C@H]2CCCCO2)[C@@H]1c1ccc(Cl)c(F)c1. The van der Waals surface area contributed by atoms with E-state index in [9.17, 15) is 14.0 Å². The molecule has 1 aromatic carbocycles. The van der Waals surface area contributed by atoms with Crippen LogP contribution in [-0.2, 0) is 19.2 Å². The lowest BCUT2D eigenvalue weighted by atomic mass is 9.92. The second-order valence-electron chi connectivity index (χ2n) is 7.20. The van der Waals surface area contributed by atoms with Gasteiger partial charge < -0.3 is 9.64 Å². The number of rotatable bonds is 5. The second kappa shape index (κ2) is 8.54. The maximum absolute atomic E-state index is 14.0. The highest BCUT2D eigenvalue weighted by Gasteiger charge is 2.46. The minimum Gasteiger partial charge on any atom is -0.350 e. The van der Waals surface area contributed by atoms with Crippen LogP contribution in [0.4, 0.5) is 4.39 Å². The largest absolute Gasteiger partial charge is 0.350 e. The predicted molar refractivity (Wildman–Crippen MR) is 97.1 cm³/mol. The van der Waals surface area contributed by atoms with Crippen LogP contribution in [-0.4, -0.2) is 35.7 Å². The molecular weight excluding hydrogens is 375 g/mol. The number of amides is 2. The summed E-state index contributed by atoms with van der Waals surface area (Å²) in [5.41, 5.74) is 2.97. The molecule has 2 saturated heterocycles. The maximum atomic E-state index is 14.0. The van der Waals surface area contributed by atoms with Crippen LogP contribution < -0.4 is 5.48 Å². The molecule has 0 bridgehead atoms. The lowest BCUT2D eigenvalue weighted by Gasteiger charge is -2.31. The van der Waals surface area contributed by atoms with Crippen molar-refractivity contribution in [3.8, 4) is 0 Å². The smallest absolute Gasteiger partial charge is 0.249 e. The third kappa shape index (κ3) is 4.42. The zero-order valence-electron chi connectivity index (χ0n) is 15.4. The third-order valence-electron chi connectivity index (χ3n) is 4.97. The van der Waals surface area contributed by atoms with Crippen LogP contribution in [0.2, 0.25) is 5.02 Å². The van der Waals surface area contributed by atoms with Gasteiger partial charge in [-0.25, -0.2) is 14.7 Å². The number of nitrogens with zero attached hydrogens (tertiary/aromatic N) is 1. The van der Waals surface area contributed by atoms with E-state index < -0.39 is 30.0 Å². The van der Waals surface area contributed by atoms with Crippen molar-refractivity contribution in [3.05, 3.63) is 34.6 Å². The molecule has 2 fully saturated rings. The predicted octanol–water partition coefficient (Wildman–Crippen LogP) is 3.35. The topological polar surface area (TPSA) is 67.9 Å². The quantitative estimate of drug-likeness (QED) is 0.772. The van der Waals surface area contributed by atoms with E-state index in [0.717, 1.165) is 12.8 Å². The molecule has 8 heteroatoms. The Kier molecular flexibility index (Phi) is 6.34. The van der Waals surface area contributed by atoms with E-state index in [1.54, 1.807) is 11.0 Å². The summed E-state index contributed by atoms with van der Waals surface area (Å²) < 4.78 is 19.4. The molecule has 0 aliphatic carbocycles. The molecule has 148 valence electrons. The minimum absolute atomic E-state index is 0.00190. The number of halogens is 2. The van der Waals surface area contributed by atoms with E-state index in [1.165, 1.54) is 12.1 Å². The van der Waals surface area contributed by atoms with Gasteiger partial charge in [-0.2, -0.15) is 0 Å². The minimum atomic E-state index is -0.691. The third-order valence-corrected chi connectivity index (χ3v) is 5.28. The summed E-state index contributed by atoms with van der Waals surface area (Å²) in [5, 5.41) is -0.00190. The highest BCUT2D eigenvalue weighted by molar-refractivity contribution is 6.30. The monoisotopic (exact) mass is 398 g/mol. The molecule has 2 amide bonds. The Bertz CT molecular complexity index is 709. The number of carbonyl (C=O) groups excluding carboxylic acids is 2. The van der Waals surface area contributed by atoms with Gasteiger partial charge in [0.05, 0.1) is 17.0 Å². The van der Waals surface area contributed by atoms with E-state index in [-0.39, 0.29) is 23.4 Å². The van der Waals surface area contributed by atoms with Gasteiger partial charge in [-0.1, -0.05) is 17.7 Å². The van der Waals surface area contributed by atoms with Crippen LogP contribution in [0, 0.1) is 11.7 Å². The van der Waals surface area contributed by atoms with Crippen molar-refractivity contribution in [1.82, 2.24) is 10.4 Å². The van der Waals surface area contributed by atoms with E-state index >= 15 is 0 Å². The zero-order chi connectivity index (χ0) is 19.6. The van der Waals surface area contributed by atoms with Crippen LogP contribution in [0.15, 0.2) is 18.2 Å². The molecule has 0 unspecified atom stereocenters.